The monoisotopic (exact) mass is 457 g/mol. The van der Waals surface area contributed by atoms with Crippen molar-refractivity contribution in [1.29, 1.82) is 0 Å². The maximum Gasteiger partial charge on any atom is 0.343 e. The van der Waals surface area contributed by atoms with Gasteiger partial charge in [0.15, 0.2) is 0 Å². The highest BCUT2D eigenvalue weighted by Crippen LogP contribution is 2.65. The number of anilines is 1. The summed E-state index contributed by atoms with van der Waals surface area (Å²) in [7, 11) is 0. The molecular weight excluding hydrogens is 430 g/mol. The summed E-state index contributed by atoms with van der Waals surface area (Å²) in [5.41, 5.74) is 0.729. The number of allylic oxidation sites excluding steroid dienone is 2. The Balaban J connectivity index is 1.17. The van der Waals surface area contributed by atoms with Gasteiger partial charge in [-0.3, -0.25) is 9.59 Å². The minimum atomic E-state index is -0.541. The molecule has 6 atom stereocenters. The molecule has 5 aliphatic rings. The summed E-state index contributed by atoms with van der Waals surface area (Å²) in [6.07, 6.45) is 7.48. The van der Waals surface area contributed by atoms with Crippen LogP contribution in [0.2, 0.25) is 0 Å². The van der Waals surface area contributed by atoms with Gasteiger partial charge in [0.05, 0.1) is 29.7 Å². The molecule has 6 nitrogen and oxygen atoms in total. The summed E-state index contributed by atoms with van der Waals surface area (Å²) in [6, 6.07) is 13.5. The maximum absolute atomic E-state index is 13.3. The minimum absolute atomic E-state index is 0.135. The third-order valence-corrected chi connectivity index (χ3v) is 7.80. The van der Waals surface area contributed by atoms with Gasteiger partial charge in [-0.15, -0.1) is 0 Å². The van der Waals surface area contributed by atoms with E-state index in [-0.39, 0.29) is 35.5 Å². The molecule has 2 aromatic carbocycles. The molecule has 2 aromatic rings. The number of esters is 1. The molecular formula is C28H27NO5. The van der Waals surface area contributed by atoms with E-state index in [0.29, 0.717) is 35.4 Å². The molecule has 2 amide bonds. The number of unbranched alkanes of at least 4 members (excludes halogenated alkanes) is 1. The van der Waals surface area contributed by atoms with E-state index in [9.17, 15) is 14.4 Å². The number of hydrogen-bond acceptors (Lipinski definition) is 5. The Bertz CT molecular complexity index is 1150. The van der Waals surface area contributed by atoms with Crippen molar-refractivity contribution in [1.82, 2.24) is 0 Å². The first-order valence-electron chi connectivity index (χ1n) is 12.2. The lowest BCUT2D eigenvalue weighted by molar-refractivity contribution is -0.124. The fourth-order valence-corrected chi connectivity index (χ4v) is 6.09. The number of amides is 2. The van der Waals surface area contributed by atoms with E-state index in [2.05, 4.69) is 19.1 Å². The van der Waals surface area contributed by atoms with E-state index in [1.165, 1.54) is 4.90 Å². The third-order valence-electron chi connectivity index (χ3n) is 7.80. The van der Waals surface area contributed by atoms with Crippen LogP contribution >= 0.6 is 0 Å². The first kappa shape index (κ1) is 21.1. The van der Waals surface area contributed by atoms with E-state index in [1.54, 1.807) is 48.5 Å². The minimum Gasteiger partial charge on any atom is -0.494 e. The predicted octanol–water partition coefficient (Wildman–Crippen LogP) is 4.64. The summed E-state index contributed by atoms with van der Waals surface area (Å²) in [5, 5.41) is 0. The molecule has 3 fully saturated rings. The molecule has 2 saturated carbocycles. The average Bonchev–Trinajstić information content (AvgIpc) is 3.63. The van der Waals surface area contributed by atoms with Gasteiger partial charge in [0.2, 0.25) is 11.8 Å². The van der Waals surface area contributed by atoms with Crippen LogP contribution in [-0.2, 0) is 9.59 Å². The molecule has 6 heteroatoms. The number of hydrogen-bond donors (Lipinski definition) is 0. The van der Waals surface area contributed by atoms with Crippen LogP contribution in [0.4, 0.5) is 5.69 Å². The molecule has 174 valence electrons. The second kappa shape index (κ2) is 8.12. The molecule has 0 aromatic heterocycles. The zero-order chi connectivity index (χ0) is 23.4. The summed E-state index contributed by atoms with van der Waals surface area (Å²) < 4.78 is 11.2. The zero-order valence-electron chi connectivity index (χ0n) is 19.1. The van der Waals surface area contributed by atoms with Crippen LogP contribution in [-0.4, -0.2) is 24.4 Å². The third kappa shape index (κ3) is 3.35. The number of ether oxygens (including phenoxy) is 2. The van der Waals surface area contributed by atoms with Crippen molar-refractivity contribution in [3.63, 3.8) is 0 Å². The summed E-state index contributed by atoms with van der Waals surface area (Å²) in [6.45, 7) is 2.75. The van der Waals surface area contributed by atoms with Crippen LogP contribution in [0.15, 0.2) is 60.7 Å². The van der Waals surface area contributed by atoms with Crippen molar-refractivity contribution in [2.45, 2.75) is 26.2 Å². The number of rotatable bonds is 7. The molecule has 2 bridgehead atoms. The van der Waals surface area contributed by atoms with E-state index >= 15 is 0 Å². The standard InChI is InChI=1S/C28H27NO5/c1-2-3-13-33-18-7-9-19(10-8-18)34-28(32)16-5-4-6-17(14-16)29-26(30)24-20-11-12-21(23-15-22(20)23)25(24)27(29)31/h4-12,14,20-25H,2-3,13,15H2,1H3/t20-,21-,22-,23+,24+,25+/m0/s1. The van der Waals surface area contributed by atoms with Gasteiger partial charge in [-0.2, -0.15) is 0 Å². The van der Waals surface area contributed by atoms with Crippen LogP contribution in [0.3, 0.4) is 0 Å². The van der Waals surface area contributed by atoms with E-state index < -0.39 is 5.97 Å². The summed E-state index contributed by atoms with van der Waals surface area (Å²) in [4.78, 5) is 40.8. The number of carbonyl (C=O) groups is 3. The lowest BCUT2D eigenvalue weighted by Gasteiger charge is -2.37. The largest absolute Gasteiger partial charge is 0.494 e. The molecule has 1 aliphatic heterocycles. The van der Waals surface area contributed by atoms with Crippen molar-refractivity contribution >= 4 is 23.5 Å². The smallest absolute Gasteiger partial charge is 0.343 e. The molecule has 0 spiro atoms. The predicted molar refractivity (Wildman–Crippen MR) is 125 cm³/mol. The van der Waals surface area contributed by atoms with Gasteiger partial charge in [0.1, 0.15) is 11.5 Å². The van der Waals surface area contributed by atoms with Gasteiger partial charge in [-0.25, -0.2) is 9.69 Å². The fourth-order valence-electron chi connectivity index (χ4n) is 6.09. The lowest BCUT2D eigenvalue weighted by atomic mass is 9.63. The van der Waals surface area contributed by atoms with Crippen molar-refractivity contribution < 1.29 is 23.9 Å². The topological polar surface area (TPSA) is 72.9 Å². The highest BCUT2D eigenvalue weighted by Gasteiger charge is 2.67. The molecule has 0 N–H and O–H groups in total. The van der Waals surface area contributed by atoms with Gasteiger partial charge in [-0.1, -0.05) is 31.6 Å². The Morgan fingerprint density at radius 1 is 0.941 bits per heavy atom. The first-order valence-corrected chi connectivity index (χ1v) is 12.2. The van der Waals surface area contributed by atoms with Gasteiger partial charge < -0.3 is 9.47 Å². The van der Waals surface area contributed by atoms with Crippen molar-refractivity contribution in [2.75, 3.05) is 11.5 Å². The second-order valence-electron chi connectivity index (χ2n) is 9.78. The van der Waals surface area contributed by atoms with Gasteiger partial charge in [0.25, 0.3) is 0 Å². The van der Waals surface area contributed by atoms with E-state index in [0.717, 1.165) is 25.0 Å². The van der Waals surface area contributed by atoms with E-state index in [4.69, 9.17) is 9.47 Å². The molecule has 1 heterocycles. The quantitative estimate of drug-likeness (QED) is 0.199. The number of carbonyl (C=O) groups excluding carboxylic acids is 3. The molecule has 0 unspecified atom stereocenters. The lowest BCUT2D eigenvalue weighted by Crippen LogP contribution is -2.40. The molecule has 34 heavy (non-hydrogen) atoms. The normalized spacial score (nSPS) is 30.2. The highest BCUT2D eigenvalue weighted by molar-refractivity contribution is 6.23. The van der Waals surface area contributed by atoms with Crippen LogP contribution < -0.4 is 14.4 Å². The van der Waals surface area contributed by atoms with Crippen molar-refractivity contribution in [3.8, 4) is 11.5 Å². The first-order chi connectivity index (χ1) is 16.6. The Labute approximate surface area is 198 Å². The Hall–Kier alpha value is -3.41. The van der Waals surface area contributed by atoms with Gasteiger partial charge in [-0.05, 0) is 79.0 Å². The Kier molecular flexibility index (Phi) is 5.05. The molecule has 4 aliphatic carbocycles. The van der Waals surface area contributed by atoms with Crippen LogP contribution in [0, 0.1) is 35.5 Å². The molecule has 1 saturated heterocycles. The highest BCUT2D eigenvalue weighted by atomic mass is 16.5. The number of nitrogens with zero attached hydrogens (tertiary/aromatic N) is 1. The number of benzene rings is 2. The second-order valence-corrected chi connectivity index (χ2v) is 9.78. The molecule has 7 rings (SSSR count). The molecule has 0 radical (unpaired) electrons. The van der Waals surface area contributed by atoms with Crippen LogP contribution in [0.25, 0.3) is 0 Å². The van der Waals surface area contributed by atoms with Crippen molar-refractivity contribution in [2.24, 2.45) is 35.5 Å². The van der Waals surface area contributed by atoms with Gasteiger partial charge in [0, 0.05) is 0 Å². The summed E-state index contributed by atoms with van der Waals surface area (Å²) in [5.74, 6) is 1.24. The van der Waals surface area contributed by atoms with Crippen molar-refractivity contribution in [3.05, 3.63) is 66.2 Å². The Morgan fingerprint density at radius 3 is 2.24 bits per heavy atom. The van der Waals surface area contributed by atoms with Crippen LogP contribution in [0.5, 0.6) is 11.5 Å². The SMILES string of the molecule is CCCCOc1ccc(OC(=O)c2cccc(N3C(=O)[C@@H]4[C@H]5C=C[C@@H]([C@@H]6C[C@H]56)[C@H]4C3=O)c2)cc1. The Morgan fingerprint density at radius 2 is 1.59 bits per heavy atom. The van der Waals surface area contributed by atoms with Crippen LogP contribution in [0.1, 0.15) is 36.5 Å². The van der Waals surface area contributed by atoms with Gasteiger partial charge >= 0.3 is 5.97 Å². The maximum atomic E-state index is 13.3. The average molecular weight is 458 g/mol. The fraction of sp³-hybridized carbons (Fsp3) is 0.393. The number of imide groups is 1. The zero-order valence-corrected chi connectivity index (χ0v) is 19.1. The van der Waals surface area contributed by atoms with E-state index in [1.807, 2.05) is 0 Å². The summed E-state index contributed by atoms with van der Waals surface area (Å²) >= 11 is 0.